The molecule has 3 heteroatoms. The molecule has 33 heavy (non-hydrogen) atoms. The van der Waals surface area contributed by atoms with Crippen molar-refractivity contribution in [1.29, 1.82) is 0 Å². The van der Waals surface area contributed by atoms with Crippen LogP contribution in [0.2, 0.25) is 0 Å². The summed E-state index contributed by atoms with van der Waals surface area (Å²) in [5.41, 5.74) is 5.05. The van der Waals surface area contributed by atoms with E-state index in [0.717, 1.165) is 56.1 Å². The number of rotatable bonds is 13. The number of allylic oxidation sites excluding steroid dienone is 3. The average Bonchev–Trinajstić information content (AvgIpc) is 2.75. The van der Waals surface area contributed by atoms with Crippen molar-refractivity contribution < 1.29 is 15.3 Å². The molecule has 0 aliphatic heterocycles. The molecule has 0 unspecified atom stereocenters. The Morgan fingerprint density at radius 2 is 1.85 bits per heavy atom. The summed E-state index contributed by atoms with van der Waals surface area (Å²) in [7, 11) is 0. The van der Waals surface area contributed by atoms with Gasteiger partial charge in [-0.05, 0) is 80.2 Å². The SMILES string of the molecule is C=C1/C(=C\C=C(/CCCCCC)c2cccc(CCCCCC(C)(C)O)c2)C[C@@H](O)C[C@H]1O. The van der Waals surface area contributed by atoms with Gasteiger partial charge < -0.3 is 15.3 Å². The van der Waals surface area contributed by atoms with Gasteiger partial charge in [-0.15, -0.1) is 0 Å². The molecule has 1 aliphatic rings. The Kier molecular flexibility index (Phi) is 11.6. The summed E-state index contributed by atoms with van der Waals surface area (Å²) in [4.78, 5) is 0. The van der Waals surface area contributed by atoms with E-state index in [1.54, 1.807) is 0 Å². The first-order valence-electron chi connectivity index (χ1n) is 13.0. The lowest BCUT2D eigenvalue weighted by molar-refractivity contribution is 0.0680. The first-order chi connectivity index (χ1) is 15.7. The summed E-state index contributed by atoms with van der Waals surface area (Å²) in [6, 6.07) is 8.88. The monoisotopic (exact) mass is 454 g/mol. The van der Waals surface area contributed by atoms with E-state index in [9.17, 15) is 15.3 Å². The van der Waals surface area contributed by atoms with Crippen LogP contribution in [0.5, 0.6) is 0 Å². The van der Waals surface area contributed by atoms with E-state index in [0.29, 0.717) is 12.8 Å². The fourth-order valence-corrected chi connectivity index (χ4v) is 4.51. The number of aliphatic hydroxyl groups excluding tert-OH is 2. The van der Waals surface area contributed by atoms with Crippen molar-refractivity contribution in [3.63, 3.8) is 0 Å². The van der Waals surface area contributed by atoms with Gasteiger partial charge in [-0.3, -0.25) is 0 Å². The Bertz CT molecular complexity index is 797. The molecule has 0 saturated heterocycles. The molecule has 2 rings (SSSR count). The Morgan fingerprint density at radius 3 is 2.58 bits per heavy atom. The molecule has 0 bridgehead atoms. The van der Waals surface area contributed by atoms with Gasteiger partial charge in [-0.25, -0.2) is 0 Å². The van der Waals surface area contributed by atoms with Gasteiger partial charge in [0.15, 0.2) is 0 Å². The van der Waals surface area contributed by atoms with Gasteiger partial charge in [0, 0.05) is 6.42 Å². The molecular weight excluding hydrogens is 408 g/mol. The third-order valence-electron chi connectivity index (χ3n) is 6.60. The lowest BCUT2D eigenvalue weighted by atomic mass is 9.85. The molecule has 184 valence electrons. The molecule has 1 aromatic rings. The first kappa shape index (κ1) is 27.6. The minimum atomic E-state index is -0.652. The van der Waals surface area contributed by atoms with E-state index in [1.165, 1.54) is 36.0 Å². The van der Waals surface area contributed by atoms with Gasteiger partial charge in [-0.1, -0.05) is 82.0 Å². The Balaban J connectivity index is 2.11. The zero-order valence-electron chi connectivity index (χ0n) is 21.2. The maximum absolute atomic E-state index is 10.2. The Labute approximate surface area is 201 Å². The predicted octanol–water partition coefficient (Wildman–Crippen LogP) is 6.91. The van der Waals surface area contributed by atoms with E-state index in [-0.39, 0.29) is 0 Å². The molecule has 0 aromatic heterocycles. The van der Waals surface area contributed by atoms with E-state index in [2.05, 4.69) is 49.9 Å². The zero-order chi connectivity index (χ0) is 24.3. The van der Waals surface area contributed by atoms with Crippen molar-refractivity contribution >= 4 is 5.57 Å². The molecule has 0 heterocycles. The van der Waals surface area contributed by atoms with Gasteiger partial charge in [0.2, 0.25) is 0 Å². The number of hydrogen-bond donors (Lipinski definition) is 3. The fraction of sp³-hybridized carbons (Fsp3) is 0.600. The van der Waals surface area contributed by atoms with Crippen LogP contribution in [-0.2, 0) is 6.42 Å². The quantitative estimate of drug-likeness (QED) is 0.284. The molecule has 3 N–H and O–H groups in total. The summed E-state index contributed by atoms with van der Waals surface area (Å²) in [5.74, 6) is 0. The van der Waals surface area contributed by atoms with E-state index in [1.807, 2.05) is 13.8 Å². The van der Waals surface area contributed by atoms with Gasteiger partial charge >= 0.3 is 0 Å². The summed E-state index contributed by atoms with van der Waals surface area (Å²) >= 11 is 0. The number of hydrogen-bond acceptors (Lipinski definition) is 3. The van der Waals surface area contributed by atoms with Crippen LogP contribution in [0.4, 0.5) is 0 Å². The summed E-state index contributed by atoms with van der Waals surface area (Å²) in [6.45, 7) is 10.0. The van der Waals surface area contributed by atoms with E-state index < -0.39 is 17.8 Å². The lowest BCUT2D eigenvalue weighted by Gasteiger charge is -2.26. The van der Waals surface area contributed by atoms with Gasteiger partial charge in [0.25, 0.3) is 0 Å². The van der Waals surface area contributed by atoms with Crippen LogP contribution < -0.4 is 0 Å². The third kappa shape index (κ3) is 10.4. The lowest BCUT2D eigenvalue weighted by Crippen LogP contribution is -2.26. The smallest absolute Gasteiger partial charge is 0.0811 e. The molecule has 1 aromatic carbocycles. The van der Waals surface area contributed by atoms with Crippen LogP contribution >= 0.6 is 0 Å². The topological polar surface area (TPSA) is 60.7 Å². The molecule has 0 spiro atoms. The first-order valence-corrected chi connectivity index (χ1v) is 13.0. The fourth-order valence-electron chi connectivity index (χ4n) is 4.51. The molecule has 3 nitrogen and oxygen atoms in total. The molecule has 1 saturated carbocycles. The molecule has 0 radical (unpaired) electrons. The number of benzene rings is 1. The second kappa shape index (κ2) is 13.9. The van der Waals surface area contributed by atoms with Crippen molar-refractivity contribution in [3.05, 3.63) is 65.3 Å². The minimum Gasteiger partial charge on any atom is -0.393 e. The predicted molar refractivity (Wildman–Crippen MR) is 140 cm³/mol. The summed E-state index contributed by atoms with van der Waals surface area (Å²) < 4.78 is 0. The maximum atomic E-state index is 10.2. The Hall–Kier alpha value is -1.68. The molecule has 2 atom stereocenters. The third-order valence-corrected chi connectivity index (χ3v) is 6.60. The maximum Gasteiger partial charge on any atom is 0.0811 e. The van der Waals surface area contributed by atoms with Crippen molar-refractivity contribution in [3.8, 4) is 0 Å². The standard InChI is InChI=1S/C30H46O3/c1-5-6-7-10-15-25(17-18-26-21-28(31)22-29(32)23(26)2)27-16-12-14-24(20-27)13-9-8-11-19-30(3,4)33/h12,14,16-18,20,28-29,31-33H,2,5-11,13,15,19,21-22H2,1,3-4H3/b25-17+,26-18-/t28-,29-/m1/s1. The molecule has 1 fully saturated rings. The van der Waals surface area contributed by atoms with Crippen LogP contribution in [0, 0.1) is 0 Å². The second-order valence-electron chi connectivity index (χ2n) is 10.4. The normalized spacial score (nSPS) is 21.1. The zero-order valence-corrected chi connectivity index (χ0v) is 21.2. The highest BCUT2D eigenvalue weighted by Crippen LogP contribution is 2.30. The van der Waals surface area contributed by atoms with Crippen molar-refractivity contribution in [2.45, 2.75) is 116 Å². The second-order valence-corrected chi connectivity index (χ2v) is 10.4. The molecule has 0 amide bonds. The van der Waals surface area contributed by atoms with Crippen LogP contribution in [-0.4, -0.2) is 33.1 Å². The average molecular weight is 455 g/mol. The van der Waals surface area contributed by atoms with E-state index in [4.69, 9.17) is 0 Å². The number of aliphatic hydroxyl groups is 3. The van der Waals surface area contributed by atoms with E-state index >= 15 is 0 Å². The molecule has 1 aliphatic carbocycles. The largest absolute Gasteiger partial charge is 0.393 e. The summed E-state index contributed by atoms with van der Waals surface area (Å²) in [5, 5.41) is 30.1. The van der Waals surface area contributed by atoms with Crippen molar-refractivity contribution in [2.24, 2.45) is 0 Å². The van der Waals surface area contributed by atoms with Crippen molar-refractivity contribution in [1.82, 2.24) is 0 Å². The molecular formula is C30H46O3. The van der Waals surface area contributed by atoms with Crippen LogP contribution in [0.3, 0.4) is 0 Å². The van der Waals surface area contributed by atoms with Gasteiger partial charge in [0.1, 0.15) is 0 Å². The van der Waals surface area contributed by atoms with Gasteiger partial charge in [-0.2, -0.15) is 0 Å². The number of unbranched alkanes of at least 4 members (excludes halogenated alkanes) is 5. The van der Waals surface area contributed by atoms with Crippen LogP contribution in [0.15, 0.2) is 54.1 Å². The highest BCUT2D eigenvalue weighted by molar-refractivity contribution is 5.68. The van der Waals surface area contributed by atoms with Gasteiger partial charge in [0.05, 0.1) is 17.8 Å². The minimum absolute atomic E-state index is 0.377. The van der Waals surface area contributed by atoms with Crippen LogP contribution in [0.25, 0.3) is 5.57 Å². The summed E-state index contributed by atoms with van der Waals surface area (Å²) in [6.07, 6.45) is 15.1. The van der Waals surface area contributed by atoms with Crippen LogP contribution in [0.1, 0.15) is 103 Å². The number of aryl methyl sites for hydroxylation is 1. The highest BCUT2D eigenvalue weighted by Gasteiger charge is 2.24. The van der Waals surface area contributed by atoms with Crippen molar-refractivity contribution in [2.75, 3.05) is 0 Å². The Morgan fingerprint density at radius 1 is 1.09 bits per heavy atom. The highest BCUT2D eigenvalue weighted by atomic mass is 16.3.